The second-order valence-corrected chi connectivity index (χ2v) is 5.25. The van der Waals surface area contributed by atoms with Gasteiger partial charge >= 0.3 is 0 Å². The molecule has 0 spiro atoms. The van der Waals surface area contributed by atoms with E-state index in [9.17, 15) is 4.79 Å². The van der Waals surface area contributed by atoms with Crippen LogP contribution in [0.4, 0.5) is 5.82 Å². The van der Waals surface area contributed by atoms with E-state index in [1.54, 1.807) is 12.3 Å². The Balaban J connectivity index is 1.74. The van der Waals surface area contributed by atoms with E-state index in [0.717, 1.165) is 24.2 Å². The van der Waals surface area contributed by atoms with Gasteiger partial charge in [-0.2, -0.15) is 0 Å². The predicted molar refractivity (Wildman–Crippen MR) is 72.4 cm³/mol. The molecular weight excluding hydrogens is 298 g/mol. The lowest BCUT2D eigenvalue weighted by molar-refractivity contribution is -0.117. The predicted octanol–water partition coefficient (Wildman–Crippen LogP) is 1.50. The van der Waals surface area contributed by atoms with Gasteiger partial charge in [0.1, 0.15) is 5.82 Å². The Labute approximate surface area is 115 Å². The second kappa shape index (κ2) is 6.26. The standard InChI is InChI=1S/C12H16BrN3O2/c1-16(10-7-18-8-10)5-3-12(17)15-11-6-9(13)2-4-14-11/h2,4,6,10H,3,5,7-8H2,1H3,(H,14,15,17). The number of nitrogens with one attached hydrogen (secondary N) is 1. The molecule has 6 heteroatoms. The van der Waals surface area contributed by atoms with Gasteiger partial charge in [0.15, 0.2) is 0 Å². The topological polar surface area (TPSA) is 54.5 Å². The number of carbonyl (C=O) groups is 1. The first-order valence-electron chi connectivity index (χ1n) is 5.84. The maximum atomic E-state index is 11.7. The van der Waals surface area contributed by atoms with Crippen LogP contribution in [0.5, 0.6) is 0 Å². The van der Waals surface area contributed by atoms with Crippen LogP contribution in [0.15, 0.2) is 22.8 Å². The van der Waals surface area contributed by atoms with Crippen LogP contribution in [0.25, 0.3) is 0 Å². The van der Waals surface area contributed by atoms with Crippen molar-refractivity contribution >= 4 is 27.7 Å². The number of pyridine rings is 1. The van der Waals surface area contributed by atoms with Crippen molar-refractivity contribution in [3.05, 3.63) is 22.8 Å². The van der Waals surface area contributed by atoms with Crippen molar-refractivity contribution in [2.45, 2.75) is 12.5 Å². The van der Waals surface area contributed by atoms with Gasteiger partial charge in [-0.05, 0) is 19.2 Å². The summed E-state index contributed by atoms with van der Waals surface area (Å²) in [5.74, 6) is 0.552. The summed E-state index contributed by atoms with van der Waals surface area (Å²) < 4.78 is 6.01. The minimum absolute atomic E-state index is 0.0207. The van der Waals surface area contributed by atoms with Gasteiger partial charge in [0.25, 0.3) is 0 Å². The van der Waals surface area contributed by atoms with Gasteiger partial charge in [0.2, 0.25) is 5.91 Å². The normalized spacial score (nSPS) is 15.5. The molecule has 1 amide bonds. The first-order chi connectivity index (χ1) is 8.65. The number of aromatic nitrogens is 1. The average Bonchev–Trinajstić information content (AvgIpc) is 2.24. The number of amides is 1. The van der Waals surface area contributed by atoms with Gasteiger partial charge in [0, 0.05) is 23.6 Å². The number of rotatable bonds is 5. The van der Waals surface area contributed by atoms with E-state index in [1.807, 2.05) is 13.1 Å². The van der Waals surface area contributed by atoms with E-state index in [-0.39, 0.29) is 5.91 Å². The summed E-state index contributed by atoms with van der Waals surface area (Å²) in [6.07, 6.45) is 2.11. The highest BCUT2D eigenvalue weighted by atomic mass is 79.9. The van der Waals surface area contributed by atoms with Crippen molar-refractivity contribution in [2.75, 3.05) is 32.1 Å². The molecule has 1 aliphatic rings. The van der Waals surface area contributed by atoms with Crippen LogP contribution in [0.1, 0.15) is 6.42 Å². The van der Waals surface area contributed by atoms with Crippen molar-refractivity contribution in [3.63, 3.8) is 0 Å². The highest BCUT2D eigenvalue weighted by Gasteiger charge is 2.23. The molecule has 98 valence electrons. The lowest BCUT2D eigenvalue weighted by atomic mass is 10.2. The van der Waals surface area contributed by atoms with E-state index in [2.05, 4.69) is 31.1 Å². The summed E-state index contributed by atoms with van der Waals surface area (Å²) in [6.45, 7) is 2.27. The minimum Gasteiger partial charge on any atom is -0.378 e. The fraction of sp³-hybridized carbons (Fsp3) is 0.500. The zero-order valence-corrected chi connectivity index (χ0v) is 11.8. The highest BCUT2D eigenvalue weighted by molar-refractivity contribution is 9.10. The third kappa shape index (κ3) is 3.76. The van der Waals surface area contributed by atoms with Gasteiger partial charge < -0.3 is 10.1 Å². The molecule has 0 radical (unpaired) electrons. The Morgan fingerprint density at radius 1 is 1.67 bits per heavy atom. The molecule has 5 nitrogen and oxygen atoms in total. The molecule has 2 rings (SSSR count). The van der Waals surface area contributed by atoms with Crippen molar-refractivity contribution in [2.24, 2.45) is 0 Å². The van der Waals surface area contributed by atoms with Crippen molar-refractivity contribution in [3.8, 4) is 0 Å². The molecule has 1 aliphatic heterocycles. The number of likely N-dealkylation sites (N-methyl/N-ethyl adjacent to an activating group) is 1. The van der Waals surface area contributed by atoms with Crippen LogP contribution >= 0.6 is 15.9 Å². The molecule has 0 bridgehead atoms. The number of halogens is 1. The Hall–Kier alpha value is -0.980. The fourth-order valence-corrected chi connectivity index (χ4v) is 1.95. The number of nitrogens with zero attached hydrogens (tertiary/aromatic N) is 2. The molecule has 0 aromatic carbocycles. The minimum atomic E-state index is -0.0207. The fourth-order valence-electron chi connectivity index (χ4n) is 1.62. The summed E-state index contributed by atoms with van der Waals surface area (Å²) in [4.78, 5) is 18.0. The average molecular weight is 314 g/mol. The lowest BCUT2D eigenvalue weighted by Crippen LogP contribution is -2.47. The zero-order valence-electron chi connectivity index (χ0n) is 10.2. The van der Waals surface area contributed by atoms with Crippen LogP contribution in [-0.2, 0) is 9.53 Å². The summed E-state index contributed by atoms with van der Waals surface area (Å²) >= 11 is 3.34. The molecule has 0 unspecified atom stereocenters. The van der Waals surface area contributed by atoms with E-state index in [0.29, 0.717) is 18.3 Å². The van der Waals surface area contributed by atoms with Gasteiger partial charge in [-0.15, -0.1) is 0 Å². The van der Waals surface area contributed by atoms with Crippen LogP contribution in [-0.4, -0.2) is 48.6 Å². The summed E-state index contributed by atoms with van der Waals surface area (Å²) in [7, 11) is 2.01. The largest absolute Gasteiger partial charge is 0.378 e. The van der Waals surface area contributed by atoms with E-state index in [4.69, 9.17) is 4.74 Å². The quantitative estimate of drug-likeness (QED) is 0.895. The number of hydrogen-bond acceptors (Lipinski definition) is 4. The summed E-state index contributed by atoms with van der Waals surface area (Å²) in [5.41, 5.74) is 0. The summed E-state index contributed by atoms with van der Waals surface area (Å²) in [6, 6.07) is 4.06. The van der Waals surface area contributed by atoms with Crippen LogP contribution in [0, 0.1) is 0 Å². The number of carbonyl (C=O) groups excluding carboxylic acids is 1. The van der Waals surface area contributed by atoms with E-state index in [1.165, 1.54) is 0 Å². The maximum Gasteiger partial charge on any atom is 0.226 e. The second-order valence-electron chi connectivity index (χ2n) is 4.33. The maximum absolute atomic E-state index is 11.7. The molecule has 1 aromatic rings. The number of ether oxygens (including phenoxy) is 1. The Morgan fingerprint density at radius 2 is 2.44 bits per heavy atom. The Bertz CT molecular complexity index is 424. The van der Waals surface area contributed by atoms with Gasteiger partial charge in [-0.1, -0.05) is 15.9 Å². The van der Waals surface area contributed by atoms with Crippen molar-refractivity contribution in [1.82, 2.24) is 9.88 Å². The first-order valence-corrected chi connectivity index (χ1v) is 6.64. The van der Waals surface area contributed by atoms with Crippen LogP contribution < -0.4 is 5.32 Å². The molecule has 1 fully saturated rings. The molecule has 1 saturated heterocycles. The monoisotopic (exact) mass is 313 g/mol. The first kappa shape index (κ1) is 13.5. The summed E-state index contributed by atoms with van der Waals surface area (Å²) in [5, 5.41) is 2.78. The zero-order chi connectivity index (χ0) is 13.0. The Kier molecular flexibility index (Phi) is 4.68. The molecule has 1 N–H and O–H groups in total. The SMILES string of the molecule is CN(CCC(=O)Nc1cc(Br)ccn1)C1COC1. The van der Waals surface area contributed by atoms with E-state index >= 15 is 0 Å². The molecule has 2 heterocycles. The van der Waals surface area contributed by atoms with E-state index < -0.39 is 0 Å². The molecule has 0 atom stereocenters. The smallest absolute Gasteiger partial charge is 0.226 e. The Morgan fingerprint density at radius 3 is 3.06 bits per heavy atom. The van der Waals surface area contributed by atoms with Gasteiger partial charge in [-0.3, -0.25) is 9.69 Å². The third-order valence-electron chi connectivity index (χ3n) is 2.92. The van der Waals surface area contributed by atoms with Crippen LogP contribution in [0.3, 0.4) is 0 Å². The van der Waals surface area contributed by atoms with Gasteiger partial charge in [0.05, 0.1) is 19.3 Å². The number of hydrogen-bond donors (Lipinski definition) is 1. The molecule has 0 saturated carbocycles. The molecule has 0 aliphatic carbocycles. The van der Waals surface area contributed by atoms with Crippen LogP contribution in [0.2, 0.25) is 0 Å². The lowest BCUT2D eigenvalue weighted by Gasteiger charge is -2.34. The molecular formula is C12H16BrN3O2. The van der Waals surface area contributed by atoms with Gasteiger partial charge in [-0.25, -0.2) is 4.98 Å². The number of anilines is 1. The molecule has 1 aromatic heterocycles. The van der Waals surface area contributed by atoms with Crippen molar-refractivity contribution < 1.29 is 9.53 Å². The highest BCUT2D eigenvalue weighted by Crippen LogP contribution is 2.13. The third-order valence-corrected chi connectivity index (χ3v) is 3.42. The van der Waals surface area contributed by atoms with Crippen molar-refractivity contribution in [1.29, 1.82) is 0 Å². The molecule has 18 heavy (non-hydrogen) atoms.